The maximum absolute atomic E-state index is 7.15. The van der Waals surface area contributed by atoms with Crippen molar-refractivity contribution < 1.29 is 0 Å². The van der Waals surface area contributed by atoms with Crippen LogP contribution in [0.15, 0.2) is 176 Å². The maximum atomic E-state index is 7.15. The van der Waals surface area contributed by atoms with Gasteiger partial charge in [0.15, 0.2) is 0 Å². The summed E-state index contributed by atoms with van der Waals surface area (Å²) in [6, 6.07) is 59.4. The summed E-state index contributed by atoms with van der Waals surface area (Å²) in [4.78, 5) is 5.28. The van der Waals surface area contributed by atoms with Crippen molar-refractivity contribution in [3.8, 4) is 0 Å². The molecule has 4 heteroatoms. The van der Waals surface area contributed by atoms with Crippen molar-refractivity contribution in [2.75, 3.05) is 0 Å². The standard InChI is InChI=1S/C50H35N2PS/c1-50(29-28-39-41-17-8-10-20-46(41)52-47-21-11-9-19-45(47)51-49(52)43(39)32-50)44-26-27-48(42-18-7-6-16-40(42)44)53(54,37-24-22-33-12-2-4-14-35(33)30-37)38-25-23-34-13-3-5-15-36(34)31-38/h2-31H,32H2,1H3. The molecule has 8 aromatic carbocycles. The Bertz CT molecular complexity index is 3180. The van der Waals surface area contributed by atoms with E-state index in [1.165, 1.54) is 75.8 Å². The molecule has 11 rings (SSSR count). The first-order chi connectivity index (χ1) is 26.5. The highest BCUT2D eigenvalue weighted by atomic mass is 32.4. The van der Waals surface area contributed by atoms with Gasteiger partial charge in [0, 0.05) is 27.7 Å². The molecule has 1 aliphatic carbocycles. The van der Waals surface area contributed by atoms with E-state index in [1.807, 2.05) is 0 Å². The van der Waals surface area contributed by atoms with Gasteiger partial charge in [-0.3, -0.25) is 4.40 Å². The number of fused-ring (bicyclic) bond motifs is 11. The van der Waals surface area contributed by atoms with Crippen LogP contribution in [0.2, 0.25) is 0 Å². The molecule has 2 heterocycles. The minimum atomic E-state index is -2.54. The number of pyridine rings is 1. The van der Waals surface area contributed by atoms with E-state index in [4.69, 9.17) is 16.8 Å². The minimum Gasteiger partial charge on any atom is -0.292 e. The van der Waals surface area contributed by atoms with Crippen molar-refractivity contribution in [3.63, 3.8) is 0 Å². The highest BCUT2D eigenvalue weighted by Crippen LogP contribution is 2.48. The van der Waals surface area contributed by atoms with Crippen molar-refractivity contribution in [2.45, 2.75) is 18.8 Å². The first kappa shape index (κ1) is 31.6. The fourth-order valence-electron chi connectivity index (χ4n) is 9.12. The molecule has 0 saturated heterocycles. The van der Waals surface area contributed by atoms with Crippen molar-refractivity contribution in [2.24, 2.45) is 0 Å². The van der Waals surface area contributed by atoms with Gasteiger partial charge in [-0.05, 0) is 90.8 Å². The van der Waals surface area contributed by atoms with Crippen LogP contribution in [-0.2, 0) is 23.6 Å². The van der Waals surface area contributed by atoms with E-state index in [-0.39, 0.29) is 5.41 Å². The third kappa shape index (κ3) is 4.59. The summed E-state index contributed by atoms with van der Waals surface area (Å²) in [7, 11) is 0. The predicted octanol–water partition coefficient (Wildman–Crippen LogP) is 11.4. The third-order valence-electron chi connectivity index (χ3n) is 11.8. The van der Waals surface area contributed by atoms with E-state index in [9.17, 15) is 0 Å². The van der Waals surface area contributed by atoms with Gasteiger partial charge in [0.1, 0.15) is 5.65 Å². The van der Waals surface area contributed by atoms with Crippen LogP contribution in [0.3, 0.4) is 0 Å². The fourth-order valence-corrected chi connectivity index (χ4v) is 13.2. The molecule has 0 aliphatic heterocycles. The molecule has 0 saturated carbocycles. The summed E-state index contributed by atoms with van der Waals surface area (Å²) in [6.07, 6.45) is 5.63. The molecule has 0 fully saturated rings. The number of para-hydroxylation sites is 3. The van der Waals surface area contributed by atoms with E-state index in [1.54, 1.807) is 0 Å². The van der Waals surface area contributed by atoms with Gasteiger partial charge in [0.05, 0.1) is 16.6 Å². The SMILES string of the molecule is CC1(c2ccc(P(=S)(c3ccc4ccccc4c3)c3ccc4ccccc4c3)c3ccccc23)C=Cc2c(c3nc4ccccc4n3c3ccccc23)C1. The van der Waals surface area contributed by atoms with Gasteiger partial charge >= 0.3 is 0 Å². The molecular weight excluding hydrogens is 692 g/mol. The van der Waals surface area contributed by atoms with Crippen LogP contribution in [0.1, 0.15) is 23.6 Å². The highest BCUT2D eigenvalue weighted by Gasteiger charge is 2.35. The Balaban J connectivity index is 1.14. The molecular formula is C50H35N2PS. The predicted molar refractivity (Wildman–Crippen MR) is 235 cm³/mol. The second kappa shape index (κ2) is 11.8. The van der Waals surface area contributed by atoms with Crippen LogP contribution >= 0.6 is 6.04 Å². The topological polar surface area (TPSA) is 17.3 Å². The summed E-state index contributed by atoms with van der Waals surface area (Å²) in [5, 5.41) is 12.3. The Morgan fingerprint density at radius 1 is 0.574 bits per heavy atom. The van der Waals surface area contributed by atoms with Crippen molar-refractivity contribution >= 4 is 99.7 Å². The molecule has 54 heavy (non-hydrogen) atoms. The zero-order valence-corrected chi connectivity index (χ0v) is 31.5. The molecule has 0 amide bonds. The molecule has 10 aromatic rings. The second-order valence-corrected chi connectivity index (χ2v) is 19.3. The van der Waals surface area contributed by atoms with E-state index >= 15 is 0 Å². The van der Waals surface area contributed by atoms with Crippen molar-refractivity contribution in [3.05, 3.63) is 193 Å². The molecule has 0 N–H and O–H groups in total. The summed E-state index contributed by atoms with van der Waals surface area (Å²) in [6.45, 7) is 2.39. The Morgan fingerprint density at radius 3 is 1.85 bits per heavy atom. The lowest BCUT2D eigenvalue weighted by Gasteiger charge is -2.34. The van der Waals surface area contributed by atoms with Gasteiger partial charge in [0.25, 0.3) is 0 Å². The number of rotatable bonds is 4. The first-order valence-electron chi connectivity index (χ1n) is 18.6. The van der Waals surface area contributed by atoms with Gasteiger partial charge in [0.2, 0.25) is 0 Å². The molecule has 1 unspecified atom stereocenters. The fraction of sp³-hybridized carbons (Fsp3) is 0.0600. The molecule has 2 nitrogen and oxygen atoms in total. The highest BCUT2D eigenvalue weighted by molar-refractivity contribution is 8.25. The number of benzene rings is 8. The lowest BCUT2D eigenvalue weighted by Crippen LogP contribution is -2.29. The Hall–Kier alpha value is -5.86. The van der Waals surface area contributed by atoms with E-state index < -0.39 is 6.04 Å². The van der Waals surface area contributed by atoms with Gasteiger partial charge in [-0.2, -0.15) is 0 Å². The van der Waals surface area contributed by atoms with Crippen molar-refractivity contribution in [1.29, 1.82) is 0 Å². The number of allylic oxidation sites excluding steroid dienone is 1. The monoisotopic (exact) mass is 726 g/mol. The van der Waals surface area contributed by atoms with E-state index in [0.717, 1.165) is 23.1 Å². The van der Waals surface area contributed by atoms with Gasteiger partial charge in [-0.1, -0.05) is 170 Å². The molecule has 1 aliphatic rings. The van der Waals surface area contributed by atoms with E-state index in [2.05, 4.69) is 193 Å². The van der Waals surface area contributed by atoms with Crippen LogP contribution in [0.25, 0.3) is 66.0 Å². The quantitative estimate of drug-likeness (QED) is 0.168. The molecule has 256 valence electrons. The smallest absolute Gasteiger partial charge is 0.142 e. The molecule has 1 atom stereocenters. The Kier molecular flexibility index (Phi) is 6.93. The van der Waals surface area contributed by atoms with Gasteiger partial charge in [-0.15, -0.1) is 0 Å². The normalized spacial score (nSPS) is 15.9. The van der Waals surface area contributed by atoms with Crippen LogP contribution in [-0.4, -0.2) is 9.38 Å². The average molecular weight is 727 g/mol. The third-order valence-corrected chi connectivity index (χ3v) is 16.7. The first-order valence-corrected chi connectivity index (χ1v) is 21.4. The second-order valence-electron chi connectivity index (χ2n) is 14.9. The summed E-state index contributed by atoms with van der Waals surface area (Å²) < 4.78 is 2.37. The van der Waals surface area contributed by atoms with E-state index in [0.29, 0.717) is 0 Å². The number of aromatic nitrogens is 2. The van der Waals surface area contributed by atoms with Crippen molar-refractivity contribution in [1.82, 2.24) is 9.38 Å². The average Bonchev–Trinajstić information content (AvgIpc) is 3.63. The Labute approximate surface area is 319 Å². The van der Waals surface area contributed by atoms with Gasteiger partial charge in [-0.25, -0.2) is 4.98 Å². The lowest BCUT2D eigenvalue weighted by molar-refractivity contribution is 0.594. The number of hydrogen-bond acceptors (Lipinski definition) is 2. The van der Waals surface area contributed by atoms with Crippen LogP contribution in [0.5, 0.6) is 0 Å². The molecule has 0 spiro atoms. The summed E-state index contributed by atoms with van der Waals surface area (Å²) in [5.74, 6) is 0. The maximum Gasteiger partial charge on any atom is 0.142 e. The largest absolute Gasteiger partial charge is 0.292 e. The number of imidazole rings is 1. The number of hydrogen-bond donors (Lipinski definition) is 0. The molecule has 2 aromatic heterocycles. The zero-order chi connectivity index (χ0) is 36.0. The lowest BCUT2D eigenvalue weighted by atomic mass is 9.71. The number of nitrogens with zero attached hydrogens (tertiary/aromatic N) is 2. The summed E-state index contributed by atoms with van der Waals surface area (Å²) in [5.41, 5.74) is 8.00. The Morgan fingerprint density at radius 2 is 1.15 bits per heavy atom. The van der Waals surface area contributed by atoms with Gasteiger partial charge < -0.3 is 0 Å². The minimum absolute atomic E-state index is 0.277. The van der Waals surface area contributed by atoms with Crippen LogP contribution in [0.4, 0.5) is 0 Å². The van der Waals surface area contributed by atoms with Crippen LogP contribution < -0.4 is 15.9 Å². The van der Waals surface area contributed by atoms with Crippen LogP contribution in [0, 0.1) is 0 Å². The zero-order valence-electron chi connectivity index (χ0n) is 29.8. The molecule has 0 radical (unpaired) electrons. The molecule has 0 bridgehead atoms. The summed E-state index contributed by atoms with van der Waals surface area (Å²) >= 11 is 7.15.